The highest BCUT2D eigenvalue weighted by atomic mass is 32.2. The number of carbonyl (C=O) groups excluding carboxylic acids is 2. The van der Waals surface area contributed by atoms with Gasteiger partial charge >= 0.3 is 5.97 Å². The van der Waals surface area contributed by atoms with Crippen LogP contribution in [0.25, 0.3) is 0 Å². The highest BCUT2D eigenvalue weighted by Crippen LogP contribution is 2.13. The Morgan fingerprint density at radius 1 is 0.742 bits per heavy atom. The van der Waals surface area contributed by atoms with E-state index in [2.05, 4.69) is 10.6 Å². The van der Waals surface area contributed by atoms with Crippen molar-refractivity contribution in [2.45, 2.75) is 121 Å². The Bertz CT molecular complexity index is 474. The monoisotopic (exact) mass is 458 g/mol. The zero-order valence-electron chi connectivity index (χ0n) is 19.9. The van der Waals surface area contributed by atoms with Gasteiger partial charge in [0.1, 0.15) is 0 Å². The lowest BCUT2D eigenvalue weighted by Gasteiger charge is -2.15. The minimum Gasteiger partial charge on any atom is -0.481 e. The molecule has 0 aromatic heterocycles. The molecule has 0 saturated carbocycles. The Labute approximate surface area is 194 Å². The fraction of sp³-hybridized carbons (Fsp3) is 0.875. The highest BCUT2D eigenvalue weighted by Gasteiger charge is 2.07. The van der Waals surface area contributed by atoms with Crippen LogP contribution < -0.4 is 10.6 Å². The fourth-order valence-corrected chi connectivity index (χ4v) is 4.26. The number of amides is 2. The number of hydrogen-bond donors (Lipinski definition) is 3. The number of thioether (sulfide) groups is 1. The van der Waals surface area contributed by atoms with Crippen LogP contribution in [-0.4, -0.2) is 41.1 Å². The predicted molar refractivity (Wildman–Crippen MR) is 130 cm³/mol. The molecule has 3 N–H and O–H groups in total. The molecule has 0 aromatic rings. The largest absolute Gasteiger partial charge is 0.481 e. The quantitative estimate of drug-likeness (QED) is 0.144. The Morgan fingerprint density at radius 3 is 1.68 bits per heavy atom. The first-order valence-electron chi connectivity index (χ1n) is 12.2. The van der Waals surface area contributed by atoms with Gasteiger partial charge in [-0.25, -0.2) is 0 Å². The molecule has 31 heavy (non-hydrogen) atoms. The van der Waals surface area contributed by atoms with Crippen molar-refractivity contribution in [3.05, 3.63) is 0 Å². The molecular weight excluding hydrogens is 412 g/mol. The molecule has 7 heteroatoms. The van der Waals surface area contributed by atoms with Crippen LogP contribution in [0.2, 0.25) is 0 Å². The van der Waals surface area contributed by atoms with E-state index in [9.17, 15) is 14.4 Å². The number of nitrogens with one attached hydrogen (secondary N) is 2. The Kier molecular flexibility index (Phi) is 21.1. The predicted octanol–water partition coefficient (Wildman–Crippen LogP) is 5.64. The van der Waals surface area contributed by atoms with Gasteiger partial charge in [0, 0.05) is 26.3 Å². The molecule has 6 nitrogen and oxygen atoms in total. The first-order chi connectivity index (χ1) is 15.0. The van der Waals surface area contributed by atoms with Gasteiger partial charge in [-0.1, -0.05) is 64.2 Å². The molecule has 0 bridgehead atoms. The molecule has 0 aliphatic rings. The first-order valence-corrected chi connectivity index (χ1v) is 13.5. The third-order valence-corrected chi connectivity index (χ3v) is 6.33. The van der Waals surface area contributed by atoms with Crippen LogP contribution in [0.15, 0.2) is 0 Å². The van der Waals surface area contributed by atoms with Gasteiger partial charge in [-0.2, -0.15) is 0 Å². The third kappa shape index (κ3) is 23.3. The van der Waals surface area contributed by atoms with E-state index in [1.54, 1.807) is 18.7 Å². The van der Waals surface area contributed by atoms with Crippen molar-refractivity contribution in [1.82, 2.24) is 10.6 Å². The number of hydrogen-bond acceptors (Lipinski definition) is 4. The topological polar surface area (TPSA) is 95.5 Å². The van der Waals surface area contributed by atoms with Gasteiger partial charge in [-0.05, 0) is 38.4 Å². The zero-order valence-corrected chi connectivity index (χ0v) is 20.7. The maximum Gasteiger partial charge on any atom is 0.303 e. The number of carbonyl (C=O) groups is 3. The van der Waals surface area contributed by atoms with E-state index < -0.39 is 5.97 Å². The number of unbranched alkanes of at least 4 members (excludes halogenated alkanes) is 12. The lowest BCUT2D eigenvalue weighted by Crippen LogP contribution is -2.30. The minimum atomic E-state index is -0.684. The first kappa shape index (κ1) is 29.8. The summed E-state index contributed by atoms with van der Waals surface area (Å²) in [5.74, 6) is -0.516. The summed E-state index contributed by atoms with van der Waals surface area (Å²) in [5.41, 5.74) is 0. The van der Waals surface area contributed by atoms with Gasteiger partial charge in [0.15, 0.2) is 0 Å². The Morgan fingerprint density at radius 2 is 1.23 bits per heavy atom. The molecule has 0 aromatic carbocycles. The summed E-state index contributed by atoms with van der Waals surface area (Å²) in [6.45, 7) is 2.26. The summed E-state index contributed by atoms with van der Waals surface area (Å²) in [5, 5.41) is 14.7. The van der Waals surface area contributed by atoms with Crippen molar-refractivity contribution in [2.75, 3.05) is 12.8 Å². The van der Waals surface area contributed by atoms with Gasteiger partial charge in [-0.3, -0.25) is 14.4 Å². The molecule has 0 radical (unpaired) electrons. The molecule has 0 aliphatic carbocycles. The molecule has 0 unspecified atom stereocenters. The summed E-state index contributed by atoms with van der Waals surface area (Å²) in [6, 6.07) is 0. The van der Waals surface area contributed by atoms with Crippen LogP contribution in [-0.2, 0) is 14.4 Å². The summed E-state index contributed by atoms with van der Waals surface area (Å²) < 4.78 is 0. The van der Waals surface area contributed by atoms with Crippen molar-refractivity contribution in [3.8, 4) is 0 Å². The van der Waals surface area contributed by atoms with E-state index in [1.165, 1.54) is 44.9 Å². The number of rotatable bonds is 22. The summed E-state index contributed by atoms with van der Waals surface area (Å²) in [7, 11) is 0. The SMILES string of the molecule is CS[C@H](CCCCNC(=O)CCCCCCCCCCCCCCC(=O)O)NC(C)=O. The molecular formula is C24H46N2O4S. The maximum atomic E-state index is 11.9. The second-order valence-corrected chi connectivity index (χ2v) is 9.45. The third-order valence-electron chi connectivity index (χ3n) is 5.41. The van der Waals surface area contributed by atoms with Crippen LogP contribution in [0.4, 0.5) is 0 Å². The van der Waals surface area contributed by atoms with Crippen molar-refractivity contribution in [1.29, 1.82) is 0 Å². The molecule has 0 heterocycles. The van der Waals surface area contributed by atoms with E-state index in [0.29, 0.717) is 12.8 Å². The van der Waals surface area contributed by atoms with Gasteiger partial charge in [-0.15, -0.1) is 11.8 Å². The average molecular weight is 459 g/mol. The smallest absolute Gasteiger partial charge is 0.303 e. The summed E-state index contributed by atoms with van der Waals surface area (Å²) in [6.07, 6.45) is 19.7. The van der Waals surface area contributed by atoms with Crippen LogP contribution in [0.1, 0.15) is 116 Å². The van der Waals surface area contributed by atoms with Gasteiger partial charge < -0.3 is 15.7 Å². The second kappa shape index (κ2) is 22.0. The summed E-state index contributed by atoms with van der Waals surface area (Å²) in [4.78, 5) is 33.4. The molecule has 182 valence electrons. The van der Waals surface area contributed by atoms with Crippen LogP contribution in [0.3, 0.4) is 0 Å². The minimum absolute atomic E-state index is 0.00868. The molecule has 0 fully saturated rings. The van der Waals surface area contributed by atoms with Crippen molar-refractivity contribution < 1.29 is 19.5 Å². The summed E-state index contributed by atoms with van der Waals surface area (Å²) >= 11 is 1.65. The zero-order chi connectivity index (χ0) is 23.2. The van der Waals surface area contributed by atoms with Gasteiger partial charge in [0.2, 0.25) is 11.8 Å². The standard InChI is InChI=1S/C24H46N2O4S/c1-21(27)26-23(31-2)18-15-16-20-25-22(28)17-13-11-9-7-5-3-4-6-8-10-12-14-19-24(29)30/h23H,3-20H2,1-2H3,(H,25,28)(H,26,27)(H,29,30)/t23-/m1/s1. The normalized spacial score (nSPS) is 11.8. The van der Waals surface area contributed by atoms with Crippen molar-refractivity contribution >= 4 is 29.5 Å². The Hall–Kier alpha value is -1.24. The molecule has 2 amide bonds. The molecule has 1 atom stereocenters. The number of carboxylic acid groups (broad SMARTS) is 1. The molecule has 0 rings (SSSR count). The van der Waals surface area contributed by atoms with Gasteiger partial charge in [0.25, 0.3) is 0 Å². The van der Waals surface area contributed by atoms with E-state index in [-0.39, 0.29) is 17.2 Å². The van der Waals surface area contributed by atoms with E-state index >= 15 is 0 Å². The maximum absolute atomic E-state index is 11.9. The van der Waals surface area contributed by atoms with Crippen LogP contribution in [0, 0.1) is 0 Å². The van der Waals surface area contributed by atoms with Crippen LogP contribution >= 0.6 is 11.8 Å². The average Bonchev–Trinajstić information content (AvgIpc) is 2.72. The highest BCUT2D eigenvalue weighted by molar-refractivity contribution is 7.99. The lowest BCUT2D eigenvalue weighted by atomic mass is 10.0. The number of aliphatic carboxylic acids is 1. The van der Waals surface area contributed by atoms with E-state index in [1.807, 2.05) is 6.26 Å². The van der Waals surface area contributed by atoms with Crippen LogP contribution in [0.5, 0.6) is 0 Å². The fourth-order valence-electron chi connectivity index (χ4n) is 3.58. The van der Waals surface area contributed by atoms with E-state index in [0.717, 1.165) is 57.9 Å². The Balaban J connectivity index is 3.31. The number of carboxylic acids is 1. The van der Waals surface area contributed by atoms with E-state index in [4.69, 9.17) is 5.11 Å². The molecule has 0 saturated heterocycles. The second-order valence-electron chi connectivity index (χ2n) is 8.41. The lowest BCUT2D eigenvalue weighted by molar-refractivity contribution is -0.137. The van der Waals surface area contributed by atoms with Gasteiger partial charge in [0.05, 0.1) is 5.37 Å². The molecule has 0 spiro atoms. The molecule has 0 aliphatic heterocycles. The van der Waals surface area contributed by atoms with Crippen molar-refractivity contribution in [2.24, 2.45) is 0 Å². The van der Waals surface area contributed by atoms with Crippen molar-refractivity contribution in [3.63, 3.8) is 0 Å².